The molecule has 0 heterocycles. The van der Waals surface area contributed by atoms with Crippen molar-refractivity contribution in [2.45, 2.75) is 33.2 Å². The van der Waals surface area contributed by atoms with Crippen molar-refractivity contribution in [1.82, 2.24) is 0 Å². The summed E-state index contributed by atoms with van der Waals surface area (Å²) in [6.07, 6.45) is 0.886. The zero-order valence-electron chi connectivity index (χ0n) is 11.2. The Morgan fingerprint density at radius 3 is 2.33 bits per heavy atom. The summed E-state index contributed by atoms with van der Waals surface area (Å²) in [7, 11) is 1.73. The molecule has 0 N–H and O–H groups in total. The summed E-state index contributed by atoms with van der Waals surface area (Å²) in [5, 5.41) is 8.63. The number of nitriles is 1. The van der Waals surface area contributed by atoms with Crippen LogP contribution in [-0.2, 0) is 0 Å². The van der Waals surface area contributed by atoms with Gasteiger partial charge in [-0.2, -0.15) is 5.26 Å². The smallest absolute Gasteiger partial charge is 0.183 e. The summed E-state index contributed by atoms with van der Waals surface area (Å²) >= 11 is 0. The summed E-state index contributed by atoms with van der Waals surface area (Å²) < 4.78 is 27.4. The first-order valence-electron chi connectivity index (χ1n) is 5.99. The molecule has 0 fully saturated rings. The van der Waals surface area contributed by atoms with Crippen LogP contribution < -0.4 is 4.90 Å². The number of hydrogen-bond acceptors (Lipinski definition) is 2. The van der Waals surface area contributed by atoms with Gasteiger partial charge in [-0.05, 0) is 31.4 Å². The standard InChI is InChI=1S/C14H18F2N2/c1-9(2)7-10(3)18(4)12-6-5-11(8-17)13(15)14(12)16/h5-6,9-10H,7H2,1-4H3. The molecule has 1 aromatic carbocycles. The molecule has 0 radical (unpaired) electrons. The summed E-state index contributed by atoms with van der Waals surface area (Å²) in [6, 6.07) is 4.50. The Balaban J connectivity index is 3.04. The van der Waals surface area contributed by atoms with E-state index in [1.807, 2.05) is 6.92 Å². The van der Waals surface area contributed by atoms with E-state index in [1.54, 1.807) is 18.0 Å². The van der Waals surface area contributed by atoms with Gasteiger partial charge in [0.2, 0.25) is 0 Å². The lowest BCUT2D eigenvalue weighted by atomic mass is 10.0. The molecule has 2 nitrogen and oxygen atoms in total. The van der Waals surface area contributed by atoms with Crippen molar-refractivity contribution in [2.24, 2.45) is 5.92 Å². The quantitative estimate of drug-likeness (QED) is 0.816. The lowest BCUT2D eigenvalue weighted by Gasteiger charge is -2.28. The lowest BCUT2D eigenvalue weighted by Crippen LogP contribution is -2.31. The fourth-order valence-corrected chi connectivity index (χ4v) is 1.98. The Kier molecular flexibility index (Phi) is 4.66. The molecule has 1 atom stereocenters. The third-order valence-electron chi connectivity index (χ3n) is 3.04. The van der Waals surface area contributed by atoms with Crippen LogP contribution in [0.2, 0.25) is 0 Å². The van der Waals surface area contributed by atoms with Gasteiger partial charge in [-0.15, -0.1) is 0 Å². The highest BCUT2D eigenvalue weighted by atomic mass is 19.2. The molecule has 0 saturated heterocycles. The number of rotatable bonds is 4. The molecular formula is C14H18F2N2. The molecule has 4 heteroatoms. The first-order chi connectivity index (χ1) is 8.38. The Morgan fingerprint density at radius 2 is 1.83 bits per heavy atom. The maximum Gasteiger partial charge on any atom is 0.183 e. The van der Waals surface area contributed by atoms with Gasteiger partial charge < -0.3 is 4.90 Å². The van der Waals surface area contributed by atoms with Crippen LogP contribution in [0.3, 0.4) is 0 Å². The third kappa shape index (κ3) is 2.98. The molecular weight excluding hydrogens is 234 g/mol. The molecule has 1 aromatic rings. The Morgan fingerprint density at radius 1 is 1.22 bits per heavy atom. The number of nitrogens with zero attached hydrogens (tertiary/aromatic N) is 2. The van der Waals surface area contributed by atoms with Crippen LogP contribution in [0, 0.1) is 28.9 Å². The Labute approximate surface area is 107 Å². The molecule has 0 aromatic heterocycles. The summed E-state index contributed by atoms with van der Waals surface area (Å²) in [5.74, 6) is -1.54. The predicted octanol–water partition coefficient (Wildman–Crippen LogP) is 3.71. The summed E-state index contributed by atoms with van der Waals surface area (Å²) in [5.41, 5.74) is -0.0687. The van der Waals surface area contributed by atoms with Crippen molar-refractivity contribution in [1.29, 1.82) is 5.26 Å². The van der Waals surface area contributed by atoms with Gasteiger partial charge in [0.05, 0.1) is 11.3 Å². The second kappa shape index (κ2) is 5.81. The first-order valence-corrected chi connectivity index (χ1v) is 5.99. The maximum absolute atomic E-state index is 13.8. The van der Waals surface area contributed by atoms with Crippen LogP contribution >= 0.6 is 0 Å². The van der Waals surface area contributed by atoms with E-state index in [0.717, 1.165) is 6.42 Å². The van der Waals surface area contributed by atoms with Crippen LogP contribution in [-0.4, -0.2) is 13.1 Å². The third-order valence-corrected chi connectivity index (χ3v) is 3.04. The largest absolute Gasteiger partial charge is 0.369 e. The number of benzene rings is 1. The highest BCUT2D eigenvalue weighted by molar-refractivity contribution is 5.52. The monoisotopic (exact) mass is 252 g/mol. The number of anilines is 1. The van der Waals surface area contributed by atoms with E-state index in [4.69, 9.17) is 5.26 Å². The minimum absolute atomic E-state index is 0.104. The highest BCUT2D eigenvalue weighted by Gasteiger charge is 2.19. The highest BCUT2D eigenvalue weighted by Crippen LogP contribution is 2.26. The second-order valence-electron chi connectivity index (χ2n) is 4.96. The van der Waals surface area contributed by atoms with Crippen LogP contribution in [0.1, 0.15) is 32.8 Å². The second-order valence-corrected chi connectivity index (χ2v) is 4.96. The average Bonchev–Trinajstić information content (AvgIpc) is 2.31. The maximum atomic E-state index is 13.8. The zero-order chi connectivity index (χ0) is 13.9. The lowest BCUT2D eigenvalue weighted by molar-refractivity contribution is 0.480. The number of hydrogen-bond donors (Lipinski definition) is 0. The van der Waals surface area contributed by atoms with Crippen molar-refractivity contribution in [3.63, 3.8) is 0 Å². The van der Waals surface area contributed by atoms with Gasteiger partial charge in [-0.25, -0.2) is 8.78 Å². The molecule has 18 heavy (non-hydrogen) atoms. The predicted molar refractivity (Wildman–Crippen MR) is 68.4 cm³/mol. The summed E-state index contributed by atoms with van der Waals surface area (Å²) in [4.78, 5) is 1.71. The fourth-order valence-electron chi connectivity index (χ4n) is 1.98. The normalized spacial score (nSPS) is 12.3. The van der Waals surface area contributed by atoms with E-state index in [2.05, 4.69) is 13.8 Å². The van der Waals surface area contributed by atoms with Gasteiger partial charge in [0, 0.05) is 13.1 Å². The molecule has 1 rings (SSSR count). The Bertz CT molecular complexity index is 464. The molecule has 0 aliphatic rings. The van der Waals surface area contributed by atoms with Gasteiger partial charge in [0.1, 0.15) is 6.07 Å². The van der Waals surface area contributed by atoms with Crippen molar-refractivity contribution >= 4 is 5.69 Å². The SMILES string of the molecule is CC(C)CC(C)N(C)c1ccc(C#N)c(F)c1F. The average molecular weight is 252 g/mol. The van der Waals surface area contributed by atoms with Gasteiger partial charge in [0.25, 0.3) is 0 Å². The minimum atomic E-state index is -1.07. The van der Waals surface area contributed by atoms with E-state index in [0.29, 0.717) is 5.92 Å². The topological polar surface area (TPSA) is 27.0 Å². The van der Waals surface area contributed by atoms with Gasteiger partial charge in [-0.1, -0.05) is 13.8 Å². The van der Waals surface area contributed by atoms with Crippen LogP contribution in [0.25, 0.3) is 0 Å². The molecule has 0 aliphatic carbocycles. The fraction of sp³-hybridized carbons (Fsp3) is 0.500. The molecule has 0 bridgehead atoms. The molecule has 1 unspecified atom stereocenters. The van der Waals surface area contributed by atoms with Gasteiger partial charge in [-0.3, -0.25) is 0 Å². The summed E-state index contributed by atoms with van der Waals surface area (Å²) in [6.45, 7) is 6.13. The van der Waals surface area contributed by atoms with E-state index < -0.39 is 11.6 Å². The molecule has 0 aliphatic heterocycles. The zero-order valence-corrected chi connectivity index (χ0v) is 11.2. The van der Waals surface area contributed by atoms with Crippen molar-refractivity contribution in [2.75, 3.05) is 11.9 Å². The van der Waals surface area contributed by atoms with E-state index in [9.17, 15) is 8.78 Å². The van der Waals surface area contributed by atoms with E-state index in [-0.39, 0.29) is 17.3 Å². The van der Waals surface area contributed by atoms with Crippen LogP contribution in [0.15, 0.2) is 12.1 Å². The van der Waals surface area contributed by atoms with Gasteiger partial charge >= 0.3 is 0 Å². The van der Waals surface area contributed by atoms with Crippen molar-refractivity contribution in [3.05, 3.63) is 29.3 Å². The van der Waals surface area contributed by atoms with Gasteiger partial charge in [0.15, 0.2) is 11.6 Å². The molecule has 98 valence electrons. The van der Waals surface area contributed by atoms with Crippen LogP contribution in [0.4, 0.5) is 14.5 Å². The molecule has 0 spiro atoms. The minimum Gasteiger partial charge on any atom is -0.369 e. The van der Waals surface area contributed by atoms with Crippen LogP contribution in [0.5, 0.6) is 0 Å². The molecule has 0 amide bonds. The van der Waals surface area contributed by atoms with E-state index >= 15 is 0 Å². The van der Waals surface area contributed by atoms with Crippen molar-refractivity contribution in [3.8, 4) is 6.07 Å². The molecule has 0 saturated carbocycles. The van der Waals surface area contributed by atoms with E-state index in [1.165, 1.54) is 12.1 Å². The first kappa shape index (κ1) is 14.4. The number of halogens is 2. The van der Waals surface area contributed by atoms with Crippen molar-refractivity contribution < 1.29 is 8.78 Å². The Hall–Kier alpha value is -1.63.